The number of hydrogen-bond acceptors (Lipinski definition) is 8. The van der Waals surface area contributed by atoms with Crippen LogP contribution in [0.3, 0.4) is 0 Å². The van der Waals surface area contributed by atoms with Gasteiger partial charge in [-0.05, 0) is 18.2 Å². The minimum absolute atomic E-state index is 0.0187. The highest BCUT2D eigenvalue weighted by Crippen LogP contribution is 2.45. The first-order chi connectivity index (χ1) is 16.3. The molecule has 0 amide bonds. The van der Waals surface area contributed by atoms with Crippen molar-refractivity contribution < 1.29 is 8.42 Å². The van der Waals surface area contributed by atoms with Crippen molar-refractivity contribution in [2.24, 2.45) is 5.92 Å². The van der Waals surface area contributed by atoms with Crippen LogP contribution in [0, 0.1) is 5.92 Å². The number of hydrogen-bond donors (Lipinski definition) is 1. The van der Waals surface area contributed by atoms with Crippen molar-refractivity contribution in [3.63, 3.8) is 0 Å². The normalized spacial score (nSPS) is 20.9. The fourth-order valence-electron chi connectivity index (χ4n) is 4.89. The van der Waals surface area contributed by atoms with Gasteiger partial charge in [0.2, 0.25) is 5.95 Å². The van der Waals surface area contributed by atoms with E-state index in [0.29, 0.717) is 35.2 Å². The van der Waals surface area contributed by atoms with Crippen molar-refractivity contribution in [3.05, 3.63) is 69.5 Å². The summed E-state index contributed by atoms with van der Waals surface area (Å²) in [6.45, 7) is 2.55. The molecule has 6 rings (SSSR count). The molecule has 4 aromatic rings. The summed E-state index contributed by atoms with van der Waals surface area (Å²) in [5.41, 5.74) is 6.96. The van der Waals surface area contributed by atoms with Crippen molar-refractivity contribution in [1.29, 1.82) is 0 Å². The molecule has 0 spiro atoms. The molecule has 1 saturated heterocycles. The largest absolute Gasteiger partial charge is 0.368 e. The van der Waals surface area contributed by atoms with Gasteiger partial charge in [-0.1, -0.05) is 36.7 Å². The fourth-order valence-corrected chi connectivity index (χ4v) is 6.73. The lowest BCUT2D eigenvalue weighted by atomic mass is 9.89. The maximum absolute atomic E-state index is 13.6. The number of rotatable bonds is 3. The molecule has 0 saturated carbocycles. The Labute approximate surface area is 199 Å². The third-order valence-electron chi connectivity index (χ3n) is 6.43. The molecule has 12 heteroatoms. The van der Waals surface area contributed by atoms with E-state index in [1.807, 2.05) is 42.2 Å². The van der Waals surface area contributed by atoms with Crippen molar-refractivity contribution in [2.75, 3.05) is 22.9 Å². The smallest absolute Gasteiger partial charge is 0.284 e. The Morgan fingerprint density at radius 2 is 1.91 bits per heavy atom. The van der Waals surface area contributed by atoms with E-state index < -0.39 is 15.9 Å². The molecule has 5 heterocycles. The van der Waals surface area contributed by atoms with Gasteiger partial charge >= 0.3 is 0 Å². The van der Waals surface area contributed by atoms with E-state index in [-0.39, 0.29) is 39.4 Å². The maximum Gasteiger partial charge on any atom is 0.284 e. The van der Waals surface area contributed by atoms with Crippen LogP contribution >= 0.6 is 11.6 Å². The second-order valence-electron chi connectivity index (χ2n) is 8.62. The van der Waals surface area contributed by atoms with Gasteiger partial charge in [-0.3, -0.25) is 9.36 Å². The monoisotopic (exact) mass is 497 g/mol. The average Bonchev–Trinajstić information content (AvgIpc) is 3.31. The van der Waals surface area contributed by atoms with E-state index in [2.05, 4.69) is 9.97 Å². The van der Waals surface area contributed by atoms with Gasteiger partial charge in [-0.15, -0.1) is 0 Å². The van der Waals surface area contributed by atoms with Crippen LogP contribution in [0.2, 0.25) is 5.02 Å². The number of nitrogens with two attached hydrogens (primary N) is 1. The molecule has 2 aliphatic heterocycles. The maximum atomic E-state index is 13.6. The summed E-state index contributed by atoms with van der Waals surface area (Å²) in [4.78, 5) is 24.1. The zero-order chi connectivity index (χ0) is 23.8. The van der Waals surface area contributed by atoms with Crippen LogP contribution in [0.4, 0.5) is 11.8 Å². The fraction of sp³-hybridized carbons (Fsp3) is 0.273. The predicted octanol–water partition coefficient (Wildman–Crippen LogP) is 2.04. The van der Waals surface area contributed by atoms with Crippen molar-refractivity contribution in [3.8, 4) is 5.69 Å². The summed E-state index contributed by atoms with van der Waals surface area (Å²) in [5, 5.41) is 5.07. The van der Waals surface area contributed by atoms with E-state index in [9.17, 15) is 13.2 Å². The minimum Gasteiger partial charge on any atom is -0.368 e. The molecule has 1 unspecified atom stereocenters. The standard InChI is InChI=1S/C22H20ClN7O3S/c1-12-11-28(20-18-15(25-22(24)26-20)8-10-34(18,32)33)16(12)19-27-29-9-7-14(23)17(29)21(31)30(19)13-5-3-2-4-6-13/h2-7,9,12,16H,8,10-11H2,1H3,(H2,24,25,26)/t12-,16?/m1/s1. The lowest BCUT2D eigenvalue weighted by molar-refractivity contribution is 0.298. The van der Waals surface area contributed by atoms with Gasteiger partial charge in [-0.25, -0.2) is 17.9 Å². The molecule has 0 bridgehead atoms. The third-order valence-corrected chi connectivity index (χ3v) is 8.51. The quantitative estimate of drug-likeness (QED) is 0.455. The Hall–Kier alpha value is -3.44. The summed E-state index contributed by atoms with van der Waals surface area (Å²) in [6, 6.07) is 10.4. The molecular weight excluding hydrogens is 478 g/mol. The van der Waals surface area contributed by atoms with Crippen LogP contribution in [0.15, 0.2) is 52.3 Å². The molecule has 1 fully saturated rings. The van der Waals surface area contributed by atoms with Gasteiger partial charge in [0, 0.05) is 25.1 Å². The molecule has 2 atom stereocenters. The summed E-state index contributed by atoms with van der Waals surface area (Å²) in [5.74, 6) is 0.771. The van der Waals surface area contributed by atoms with Crippen LogP contribution in [-0.2, 0) is 16.3 Å². The predicted molar refractivity (Wildman–Crippen MR) is 127 cm³/mol. The molecule has 1 aromatic carbocycles. The number of anilines is 2. The summed E-state index contributed by atoms with van der Waals surface area (Å²) >= 11 is 6.30. The third kappa shape index (κ3) is 2.96. The first-order valence-electron chi connectivity index (χ1n) is 10.8. The molecule has 34 heavy (non-hydrogen) atoms. The number of halogens is 1. The van der Waals surface area contributed by atoms with E-state index in [1.54, 1.807) is 12.3 Å². The lowest BCUT2D eigenvalue weighted by Gasteiger charge is -2.47. The minimum atomic E-state index is -3.53. The Bertz CT molecular complexity index is 1630. The van der Waals surface area contributed by atoms with Crippen LogP contribution in [0.5, 0.6) is 0 Å². The van der Waals surface area contributed by atoms with Gasteiger partial charge in [0.05, 0.1) is 28.2 Å². The lowest BCUT2D eigenvalue weighted by Crippen LogP contribution is -2.52. The van der Waals surface area contributed by atoms with E-state index >= 15 is 0 Å². The Morgan fingerprint density at radius 3 is 2.65 bits per heavy atom. The van der Waals surface area contributed by atoms with Gasteiger partial charge < -0.3 is 10.6 Å². The summed E-state index contributed by atoms with van der Waals surface area (Å²) in [7, 11) is -3.53. The molecule has 0 aliphatic carbocycles. The molecule has 174 valence electrons. The van der Waals surface area contributed by atoms with Crippen molar-refractivity contribution >= 4 is 38.7 Å². The van der Waals surface area contributed by atoms with Gasteiger partial charge in [-0.2, -0.15) is 10.1 Å². The Balaban J connectivity index is 1.60. The van der Waals surface area contributed by atoms with Crippen LogP contribution in [0.1, 0.15) is 24.5 Å². The van der Waals surface area contributed by atoms with Crippen LogP contribution < -0.4 is 16.2 Å². The number of fused-ring (bicyclic) bond motifs is 2. The average molecular weight is 498 g/mol. The van der Waals surface area contributed by atoms with Gasteiger partial charge in [0.1, 0.15) is 10.4 Å². The van der Waals surface area contributed by atoms with Crippen molar-refractivity contribution in [1.82, 2.24) is 24.1 Å². The van der Waals surface area contributed by atoms with Crippen LogP contribution in [0.25, 0.3) is 11.2 Å². The highest BCUT2D eigenvalue weighted by Gasteiger charge is 2.45. The topological polar surface area (TPSA) is 128 Å². The van der Waals surface area contributed by atoms with E-state index in [1.165, 1.54) is 9.08 Å². The zero-order valence-corrected chi connectivity index (χ0v) is 19.7. The van der Waals surface area contributed by atoms with Crippen molar-refractivity contribution in [2.45, 2.75) is 24.3 Å². The zero-order valence-electron chi connectivity index (χ0n) is 18.1. The van der Waals surface area contributed by atoms with E-state index in [0.717, 1.165) is 0 Å². The molecule has 0 radical (unpaired) electrons. The SMILES string of the molecule is C[C@@H]1CN(c2nc(N)nc3c2S(=O)(=O)CC3)C1c1nn2ccc(Cl)c2c(=O)n1-c1ccccc1. The number of benzene rings is 1. The number of nitrogen functional groups attached to an aromatic ring is 1. The number of nitrogens with zero attached hydrogens (tertiary/aromatic N) is 6. The molecular formula is C22H20ClN7O3S. The first kappa shape index (κ1) is 21.1. The second-order valence-corrected chi connectivity index (χ2v) is 11.1. The molecule has 2 aliphatic rings. The number of aryl methyl sites for hydroxylation is 1. The highest BCUT2D eigenvalue weighted by atomic mass is 35.5. The number of sulfone groups is 1. The second kappa shape index (κ2) is 7.28. The number of para-hydroxylation sites is 1. The van der Waals surface area contributed by atoms with Gasteiger partial charge in [0.15, 0.2) is 21.5 Å². The highest BCUT2D eigenvalue weighted by molar-refractivity contribution is 7.91. The summed E-state index contributed by atoms with van der Waals surface area (Å²) in [6.07, 6.45) is 1.93. The molecule has 2 N–H and O–H groups in total. The summed E-state index contributed by atoms with van der Waals surface area (Å²) < 4.78 is 28.7. The molecule has 10 nitrogen and oxygen atoms in total. The van der Waals surface area contributed by atoms with E-state index in [4.69, 9.17) is 22.4 Å². The van der Waals surface area contributed by atoms with Crippen LogP contribution in [-0.4, -0.2) is 44.9 Å². The Kier molecular flexibility index (Phi) is 4.52. The first-order valence-corrected chi connectivity index (χ1v) is 12.8. The Morgan fingerprint density at radius 1 is 1.15 bits per heavy atom. The van der Waals surface area contributed by atoms with Gasteiger partial charge in [0.25, 0.3) is 5.56 Å². The number of aromatic nitrogens is 5. The molecule has 3 aromatic heterocycles.